The molecule has 0 saturated heterocycles. The van der Waals surface area contributed by atoms with Crippen LogP contribution in [0.1, 0.15) is 11.3 Å². The first-order valence-electron chi connectivity index (χ1n) is 8.04. The molecule has 4 rings (SSSR count). The summed E-state index contributed by atoms with van der Waals surface area (Å²) in [6.07, 6.45) is 0. The lowest BCUT2D eigenvalue weighted by molar-refractivity contribution is 1.24. The number of hydrogen-bond donors (Lipinski definition) is 2. The highest BCUT2D eigenvalue weighted by Gasteiger charge is 2.15. The third-order valence-corrected chi connectivity index (χ3v) is 3.91. The van der Waals surface area contributed by atoms with Crippen LogP contribution in [0.15, 0.2) is 84.9 Å². The zero-order valence-electron chi connectivity index (χ0n) is 13.5. The van der Waals surface area contributed by atoms with Crippen LogP contribution < -0.4 is 5.32 Å². The summed E-state index contributed by atoms with van der Waals surface area (Å²) in [5.41, 5.74) is 4.17. The molecule has 0 spiro atoms. The molecule has 3 aromatic carbocycles. The Bertz CT molecular complexity index is 1030. The SMILES string of the molecule is N=C(c1ccccc1)c1nc2ccccc2nc1Nc1ccccc1. The summed E-state index contributed by atoms with van der Waals surface area (Å²) in [6.45, 7) is 0. The van der Waals surface area contributed by atoms with Crippen molar-refractivity contribution in [1.82, 2.24) is 9.97 Å². The van der Waals surface area contributed by atoms with Crippen molar-refractivity contribution >= 4 is 28.3 Å². The summed E-state index contributed by atoms with van der Waals surface area (Å²) in [4.78, 5) is 9.40. The Balaban J connectivity index is 1.85. The van der Waals surface area contributed by atoms with Gasteiger partial charge in [-0.15, -0.1) is 0 Å². The fourth-order valence-electron chi connectivity index (χ4n) is 2.66. The highest BCUT2D eigenvalue weighted by Crippen LogP contribution is 2.23. The third kappa shape index (κ3) is 3.10. The molecule has 0 fully saturated rings. The van der Waals surface area contributed by atoms with Gasteiger partial charge in [0.05, 0.1) is 16.7 Å². The number of rotatable bonds is 4. The molecule has 0 radical (unpaired) electrons. The lowest BCUT2D eigenvalue weighted by Gasteiger charge is -2.13. The number of fused-ring (bicyclic) bond motifs is 1. The van der Waals surface area contributed by atoms with E-state index in [9.17, 15) is 0 Å². The predicted octanol–water partition coefficient (Wildman–Crippen LogP) is 4.79. The van der Waals surface area contributed by atoms with Crippen molar-refractivity contribution in [3.63, 3.8) is 0 Å². The number of nitrogens with zero attached hydrogens (tertiary/aromatic N) is 2. The van der Waals surface area contributed by atoms with Crippen LogP contribution in [0.3, 0.4) is 0 Å². The molecule has 120 valence electrons. The molecule has 2 N–H and O–H groups in total. The van der Waals surface area contributed by atoms with Gasteiger partial charge in [0.2, 0.25) is 0 Å². The number of aromatic nitrogens is 2. The van der Waals surface area contributed by atoms with Gasteiger partial charge in [0, 0.05) is 11.3 Å². The average molecular weight is 324 g/mol. The first kappa shape index (κ1) is 15.0. The van der Waals surface area contributed by atoms with Crippen molar-refractivity contribution in [3.05, 3.63) is 96.2 Å². The molecule has 0 unspecified atom stereocenters. The van der Waals surface area contributed by atoms with Crippen molar-refractivity contribution in [2.45, 2.75) is 0 Å². The van der Waals surface area contributed by atoms with Crippen LogP contribution in [0, 0.1) is 5.41 Å². The van der Waals surface area contributed by atoms with E-state index in [1.165, 1.54) is 0 Å². The van der Waals surface area contributed by atoms with Crippen molar-refractivity contribution in [1.29, 1.82) is 5.41 Å². The maximum Gasteiger partial charge on any atom is 0.159 e. The molecule has 0 aliphatic carbocycles. The van der Waals surface area contributed by atoms with E-state index in [0.29, 0.717) is 17.2 Å². The van der Waals surface area contributed by atoms with E-state index in [1.807, 2.05) is 84.9 Å². The molecule has 1 heterocycles. The van der Waals surface area contributed by atoms with Gasteiger partial charge in [-0.25, -0.2) is 9.97 Å². The monoisotopic (exact) mass is 324 g/mol. The molecular weight excluding hydrogens is 308 g/mol. The standard InChI is InChI=1S/C21H16N4/c22-19(15-9-3-1-4-10-15)20-21(23-16-11-5-2-6-12-16)25-18-14-8-7-13-17(18)24-20/h1-14,22H,(H,23,25). The Hall–Kier alpha value is -3.53. The highest BCUT2D eigenvalue weighted by molar-refractivity contribution is 6.13. The minimum Gasteiger partial charge on any atom is -0.338 e. The molecule has 4 aromatic rings. The molecule has 4 heteroatoms. The number of benzene rings is 3. The van der Waals surface area contributed by atoms with E-state index in [0.717, 1.165) is 22.3 Å². The largest absolute Gasteiger partial charge is 0.338 e. The molecule has 25 heavy (non-hydrogen) atoms. The van der Waals surface area contributed by atoms with Crippen LogP contribution in [0.25, 0.3) is 11.0 Å². The van der Waals surface area contributed by atoms with E-state index in [1.54, 1.807) is 0 Å². The zero-order chi connectivity index (χ0) is 17.1. The van der Waals surface area contributed by atoms with E-state index in [2.05, 4.69) is 5.32 Å². The Labute approximate surface area is 145 Å². The molecule has 4 nitrogen and oxygen atoms in total. The zero-order valence-corrected chi connectivity index (χ0v) is 13.5. The van der Waals surface area contributed by atoms with E-state index in [4.69, 9.17) is 15.4 Å². The number of hydrogen-bond acceptors (Lipinski definition) is 4. The van der Waals surface area contributed by atoms with E-state index in [-0.39, 0.29) is 0 Å². The van der Waals surface area contributed by atoms with Crippen molar-refractivity contribution in [2.24, 2.45) is 0 Å². The van der Waals surface area contributed by atoms with Crippen molar-refractivity contribution in [2.75, 3.05) is 5.32 Å². The highest BCUT2D eigenvalue weighted by atomic mass is 15.0. The van der Waals surface area contributed by atoms with Gasteiger partial charge in [-0.2, -0.15) is 0 Å². The lowest BCUT2D eigenvalue weighted by atomic mass is 10.1. The van der Waals surface area contributed by atoms with E-state index < -0.39 is 0 Å². The Morgan fingerprint density at radius 1 is 0.680 bits per heavy atom. The van der Waals surface area contributed by atoms with Crippen LogP contribution >= 0.6 is 0 Å². The van der Waals surface area contributed by atoms with Gasteiger partial charge in [-0.3, -0.25) is 5.41 Å². The van der Waals surface area contributed by atoms with Gasteiger partial charge in [-0.05, 0) is 24.3 Å². The summed E-state index contributed by atoms with van der Waals surface area (Å²) in [5.74, 6) is 0.582. The Kier molecular flexibility index (Phi) is 3.92. The van der Waals surface area contributed by atoms with Crippen molar-refractivity contribution in [3.8, 4) is 0 Å². The summed E-state index contributed by atoms with van der Waals surface area (Å²) >= 11 is 0. The van der Waals surface area contributed by atoms with E-state index >= 15 is 0 Å². The topological polar surface area (TPSA) is 61.7 Å². The quantitative estimate of drug-likeness (QED) is 0.531. The minimum atomic E-state index is 0.345. The number of nitrogens with one attached hydrogen (secondary N) is 2. The second-order valence-corrected chi connectivity index (χ2v) is 5.64. The van der Waals surface area contributed by atoms with Crippen LogP contribution in [-0.2, 0) is 0 Å². The summed E-state index contributed by atoms with van der Waals surface area (Å²) in [5, 5.41) is 11.9. The van der Waals surface area contributed by atoms with Crippen LogP contribution in [-0.4, -0.2) is 15.7 Å². The molecule has 0 saturated carbocycles. The fraction of sp³-hybridized carbons (Fsp3) is 0. The molecule has 1 aromatic heterocycles. The average Bonchev–Trinajstić information content (AvgIpc) is 2.68. The fourth-order valence-corrected chi connectivity index (χ4v) is 2.66. The molecule has 0 atom stereocenters. The van der Waals surface area contributed by atoms with Gasteiger partial charge in [-0.1, -0.05) is 60.7 Å². The van der Waals surface area contributed by atoms with Gasteiger partial charge in [0.15, 0.2) is 5.82 Å². The molecule has 0 bridgehead atoms. The van der Waals surface area contributed by atoms with Gasteiger partial charge in [0.1, 0.15) is 5.69 Å². The lowest BCUT2D eigenvalue weighted by Crippen LogP contribution is -2.10. The Morgan fingerprint density at radius 2 is 1.24 bits per heavy atom. The normalized spacial score (nSPS) is 10.6. The van der Waals surface area contributed by atoms with Gasteiger partial charge < -0.3 is 5.32 Å². The maximum atomic E-state index is 8.61. The maximum absolute atomic E-state index is 8.61. The summed E-state index contributed by atoms with van der Waals surface area (Å²) in [6, 6.07) is 27.1. The summed E-state index contributed by atoms with van der Waals surface area (Å²) in [7, 11) is 0. The van der Waals surface area contributed by atoms with Gasteiger partial charge in [0.25, 0.3) is 0 Å². The second-order valence-electron chi connectivity index (χ2n) is 5.64. The third-order valence-electron chi connectivity index (χ3n) is 3.91. The molecular formula is C21H16N4. The molecule has 0 aliphatic heterocycles. The number of anilines is 2. The number of para-hydroxylation sites is 3. The predicted molar refractivity (Wildman–Crippen MR) is 102 cm³/mol. The van der Waals surface area contributed by atoms with Crippen LogP contribution in [0.5, 0.6) is 0 Å². The second kappa shape index (κ2) is 6.53. The smallest absolute Gasteiger partial charge is 0.159 e. The minimum absolute atomic E-state index is 0.345. The first-order valence-corrected chi connectivity index (χ1v) is 8.04. The summed E-state index contributed by atoms with van der Waals surface area (Å²) < 4.78 is 0. The first-order chi connectivity index (χ1) is 12.3. The molecule has 0 amide bonds. The molecule has 0 aliphatic rings. The van der Waals surface area contributed by atoms with Crippen LogP contribution in [0.2, 0.25) is 0 Å². The van der Waals surface area contributed by atoms with Gasteiger partial charge >= 0.3 is 0 Å². The Morgan fingerprint density at radius 3 is 1.92 bits per heavy atom. The van der Waals surface area contributed by atoms with Crippen molar-refractivity contribution < 1.29 is 0 Å². The van der Waals surface area contributed by atoms with Crippen LogP contribution in [0.4, 0.5) is 11.5 Å².